The predicted molar refractivity (Wildman–Crippen MR) is 66.0 cm³/mol. The number of methoxy groups -OCH3 is 1. The Balaban J connectivity index is 1.96. The molecule has 18 heavy (non-hydrogen) atoms. The van der Waals surface area contributed by atoms with E-state index in [9.17, 15) is 9.59 Å². The topological polar surface area (TPSA) is 84.1 Å². The van der Waals surface area contributed by atoms with Gasteiger partial charge in [-0.05, 0) is 18.2 Å². The molecule has 2 N–H and O–H groups in total. The summed E-state index contributed by atoms with van der Waals surface area (Å²) in [6.45, 7) is 0. The Morgan fingerprint density at radius 2 is 2.22 bits per heavy atom. The molecule has 0 unspecified atom stereocenters. The quantitative estimate of drug-likeness (QED) is 0.801. The SMILES string of the molecule is COC(=O)CCC(=O)Nc1ccc2nc[nH]c2c1. The molecule has 0 saturated carbocycles. The van der Waals surface area contributed by atoms with Crippen molar-refractivity contribution < 1.29 is 14.3 Å². The molecular weight excluding hydrogens is 234 g/mol. The standard InChI is InChI=1S/C12H13N3O3/c1-18-12(17)5-4-11(16)15-8-2-3-9-10(6-8)14-7-13-9/h2-3,6-7H,4-5H2,1H3,(H,13,14)(H,15,16). The van der Waals surface area contributed by atoms with Gasteiger partial charge in [0.05, 0.1) is 30.9 Å². The first-order valence-corrected chi connectivity index (χ1v) is 5.49. The third kappa shape index (κ3) is 2.85. The number of H-pyrrole nitrogens is 1. The largest absolute Gasteiger partial charge is 0.469 e. The third-order valence-electron chi connectivity index (χ3n) is 2.49. The van der Waals surface area contributed by atoms with Gasteiger partial charge in [0.25, 0.3) is 0 Å². The van der Waals surface area contributed by atoms with Crippen molar-refractivity contribution in [2.75, 3.05) is 12.4 Å². The van der Waals surface area contributed by atoms with Gasteiger partial charge in [0, 0.05) is 12.1 Å². The molecule has 0 spiro atoms. The van der Waals surface area contributed by atoms with Crippen molar-refractivity contribution in [1.82, 2.24) is 9.97 Å². The molecule has 2 rings (SSSR count). The molecule has 0 radical (unpaired) electrons. The lowest BCUT2D eigenvalue weighted by molar-refractivity contribution is -0.141. The number of fused-ring (bicyclic) bond motifs is 1. The van der Waals surface area contributed by atoms with E-state index in [2.05, 4.69) is 20.0 Å². The average Bonchev–Trinajstić information content (AvgIpc) is 2.83. The Morgan fingerprint density at radius 3 is 3.00 bits per heavy atom. The van der Waals surface area contributed by atoms with Gasteiger partial charge in [-0.25, -0.2) is 4.98 Å². The Kier molecular flexibility index (Phi) is 3.57. The van der Waals surface area contributed by atoms with E-state index < -0.39 is 5.97 Å². The number of aromatic nitrogens is 2. The summed E-state index contributed by atoms with van der Waals surface area (Å²) in [6.07, 6.45) is 1.77. The second-order valence-corrected chi connectivity index (χ2v) is 3.76. The van der Waals surface area contributed by atoms with Gasteiger partial charge < -0.3 is 15.0 Å². The Bertz CT molecular complexity index is 577. The van der Waals surface area contributed by atoms with E-state index in [1.165, 1.54) is 7.11 Å². The van der Waals surface area contributed by atoms with E-state index in [0.29, 0.717) is 5.69 Å². The van der Waals surface area contributed by atoms with Crippen LogP contribution in [-0.4, -0.2) is 29.0 Å². The van der Waals surface area contributed by atoms with Crippen LogP contribution in [0.5, 0.6) is 0 Å². The minimum absolute atomic E-state index is 0.0780. The highest BCUT2D eigenvalue weighted by atomic mass is 16.5. The molecule has 1 amide bonds. The van der Waals surface area contributed by atoms with E-state index in [4.69, 9.17) is 0 Å². The molecule has 0 aliphatic carbocycles. The zero-order valence-electron chi connectivity index (χ0n) is 9.90. The van der Waals surface area contributed by atoms with Crippen molar-refractivity contribution in [2.45, 2.75) is 12.8 Å². The molecule has 94 valence electrons. The monoisotopic (exact) mass is 247 g/mol. The lowest BCUT2D eigenvalue weighted by atomic mass is 10.2. The molecular formula is C12H13N3O3. The number of esters is 1. The number of benzene rings is 1. The number of carbonyl (C=O) groups is 2. The second-order valence-electron chi connectivity index (χ2n) is 3.76. The summed E-state index contributed by atoms with van der Waals surface area (Å²) in [5.41, 5.74) is 2.35. The van der Waals surface area contributed by atoms with Crippen molar-refractivity contribution >= 4 is 28.6 Å². The van der Waals surface area contributed by atoms with Crippen molar-refractivity contribution in [3.63, 3.8) is 0 Å². The second kappa shape index (κ2) is 5.31. The number of aromatic amines is 1. The molecule has 1 aromatic carbocycles. The predicted octanol–water partition coefficient (Wildman–Crippen LogP) is 1.45. The molecule has 0 atom stereocenters. The van der Waals surface area contributed by atoms with Crippen molar-refractivity contribution in [2.24, 2.45) is 0 Å². The molecule has 1 aromatic heterocycles. The summed E-state index contributed by atoms with van der Waals surface area (Å²) < 4.78 is 4.47. The number of amides is 1. The number of ether oxygens (including phenoxy) is 1. The lowest BCUT2D eigenvalue weighted by Gasteiger charge is -2.04. The number of hydrogen-bond acceptors (Lipinski definition) is 4. The highest BCUT2D eigenvalue weighted by Crippen LogP contribution is 2.15. The van der Waals surface area contributed by atoms with Gasteiger partial charge in [-0.15, -0.1) is 0 Å². The van der Waals surface area contributed by atoms with Crippen LogP contribution in [0.3, 0.4) is 0 Å². The van der Waals surface area contributed by atoms with Crippen LogP contribution < -0.4 is 5.32 Å². The fourth-order valence-electron chi connectivity index (χ4n) is 1.55. The number of carbonyl (C=O) groups excluding carboxylic acids is 2. The maximum absolute atomic E-state index is 11.6. The summed E-state index contributed by atoms with van der Waals surface area (Å²) in [6, 6.07) is 5.36. The van der Waals surface area contributed by atoms with E-state index in [1.54, 1.807) is 18.5 Å². The molecule has 6 heteroatoms. The Hall–Kier alpha value is -2.37. The summed E-state index contributed by atoms with van der Waals surface area (Å²) in [5.74, 6) is -0.617. The fraction of sp³-hybridized carbons (Fsp3) is 0.250. The normalized spacial score (nSPS) is 10.3. The summed E-state index contributed by atoms with van der Waals surface area (Å²) in [7, 11) is 1.30. The third-order valence-corrected chi connectivity index (χ3v) is 2.49. The average molecular weight is 247 g/mol. The van der Waals surface area contributed by atoms with Gasteiger partial charge in [0.2, 0.25) is 5.91 Å². The zero-order valence-corrected chi connectivity index (χ0v) is 9.90. The molecule has 0 fully saturated rings. The number of rotatable bonds is 4. The van der Waals surface area contributed by atoms with E-state index in [0.717, 1.165) is 11.0 Å². The van der Waals surface area contributed by atoms with Crippen LogP contribution in [0.15, 0.2) is 24.5 Å². The summed E-state index contributed by atoms with van der Waals surface area (Å²) in [5, 5.41) is 2.71. The Morgan fingerprint density at radius 1 is 1.39 bits per heavy atom. The van der Waals surface area contributed by atoms with Gasteiger partial charge in [0.15, 0.2) is 0 Å². The minimum atomic E-state index is -0.394. The number of nitrogens with one attached hydrogen (secondary N) is 2. The molecule has 1 heterocycles. The Labute approximate surface area is 103 Å². The van der Waals surface area contributed by atoms with Crippen molar-refractivity contribution in [3.05, 3.63) is 24.5 Å². The fourth-order valence-corrected chi connectivity index (χ4v) is 1.55. The number of nitrogens with zero attached hydrogens (tertiary/aromatic N) is 1. The van der Waals surface area contributed by atoms with Crippen LogP contribution in [0.25, 0.3) is 11.0 Å². The van der Waals surface area contributed by atoms with Crippen LogP contribution in [0.1, 0.15) is 12.8 Å². The van der Waals surface area contributed by atoms with Crippen molar-refractivity contribution in [1.29, 1.82) is 0 Å². The van der Waals surface area contributed by atoms with E-state index >= 15 is 0 Å². The molecule has 6 nitrogen and oxygen atoms in total. The maximum atomic E-state index is 11.6. The van der Waals surface area contributed by atoms with Crippen LogP contribution in [0.4, 0.5) is 5.69 Å². The van der Waals surface area contributed by atoms with Gasteiger partial charge >= 0.3 is 5.97 Å². The first-order chi connectivity index (χ1) is 8.69. The molecule has 0 aliphatic heterocycles. The molecule has 0 aliphatic rings. The molecule has 0 bridgehead atoms. The number of hydrogen-bond donors (Lipinski definition) is 2. The van der Waals surface area contributed by atoms with Gasteiger partial charge in [-0.3, -0.25) is 9.59 Å². The number of imidazole rings is 1. The zero-order chi connectivity index (χ0) is 13.0. The smallest absolute Gasteiger partial charge is 0.306 e. The van der Waals surface area contributed by atoms with Crippen LogP contribution >= 0.6 is 0 Å². The highest BCUT2D eigenvalue weighted by molar-refractivity contribution is 5.94. The lowest BCUT2D eigenvalue weighted by Crippen LogP contribution is -2.13. The molecule has 0 saturated heterocycles. The van der Waals surface area contributed by atoms with Gasteiger partial charge in [0.1, 0.15) is 0 Å². The van der Waals surface area contributed by atoms with Crippen LogP contribution in [0, 0.1) is 0 Å². The van der Waals surface area contributed by atoms with Crippen LogP contribution in [-0.2, 0) is 14.3 Å². The number of anilines is 1. The van der Waals surface area contributed by atoms with Gasteiger partial charge in [-0.2, -0.15) is 0 Å². The van der Waals surface area contributed by atoms with Crippen LogP contribution in [0.2, 0.25) is 0 Å². The first-order valence-electron chi connectivity index (χ1n) is 5.49. The summed E-state index contributed by atoms with van der Waals surface area (Å²) >= 11 is 0. The first kappa shape index (κ1) is 12.1. The minimum Gasteiger partial charge on any atom is -0.469 e. The van der Waals surface area contributed by atoms with E-state index in [-0.39, 0.29) is 18.7 Å². The molecule has 2 aromatic rings. The van der Waals surface area contributed by atoms with Gasteiger partial charge in [-0.1, -0.05) is 0 Å². The maximum Gasteiger partial charge on any atom is 0.306 e. The summed E-state index contributed by atoms with van der Waals surface area (Å²) in [4.78, 5) is 29.5. The van der Waals surface area contributed by atoms with E-state index in [1.807, 2.05) is 6.07 Å². The highest BCUT2D eigenvalue weighted by Gasteiger charge is 2.07. The van der Waals surface area contributed by atoms with Crippen molar-refractivity contribution in [3.8, 4) is 0 Å².